The predicted octanol–water partition coefficient (Wildman–Crippen LogP) is 4.23. The number of ether oxygens (including phenoxy) is 2. The Hall–Kier alpha value is -1.04. The number of halogens is 3. The standard InChI is InChI=1S/C17H23ClFNO3.ClH/c1-17(2,3)23-16(21)12-8-13(18)15(9-14(12)19)22-10-11-4-6-20-7-5-11;/h8-9,11,20H,4-7,10H2,1-3H3;1H. The number of hydrogen-bond acceptors (Lipinski definition) is 4. The second-order valence-electron chi connectivity index (χ2n) is 6.77. The van der Waals surface area contributed by atoms with Gasteiger partial charge in [0.2, 0.25) is 0 Å². The summed E-state index contributed by atoms with van der Waals surface area (Å²) in [7, 11) is 0. The molecule has 136 valence electrons. The first-order valence-electron chi connectivity index (χ1n) is 7.82. The normalized spacial score (nSPS) is 15.5. The van der Waals surface area contributed by atoms with E-state index >= 15 is 0 Å². The number of esters is 1. The van der Waals surface area contributed by atoms with Gasteiger partial charge in [-0.2, -0.15) is 0 Å². The highest BCUT2D eigenvalue weighted by atomic mass is 35.5. The van der Waals surface area contributed by atoms with Crippen molar-refractivity contribution < 1.29 is 18.7 Å². The lowest BCUT2D eigenvalue weighted by molar-refractivity contribution is 0.00646. The summed E-state index contributed by atoms with van der Waals surface area (Å²) in [6.45, 7) is 7.59. The molecule has 4 nitrogen and oxygen atoms in total. The first kappa shape index (κ1) is 21.0. The summed E-state index contributed by atoms with van der Waals surface area (Å²) in [4.78, 5) is 12.0. The molecule has 1 aliphatic rings. The van der Waals surface area contributed by atoms with Gasteiger partial charge in [-0.3, -0.25) is 0 Å². The van der Waals surface area contributed by atoms with E-state index < -0.39 is 17.4 Å². The molecule has 2 rings (SSSR count). The van der Waals surface area contributed by atoms with Gasteiger partial charge in [0.25, 0.3) is 0 Å². The molecule has 0 saturated carbocycles. The molecule has 1 aromatic carbocycles. The van der Waals surface area contributed by atoms with Crippen molar-refractivity contribution in [2.75, 3.05) is 19.7 Å². The minimum atomic E-state index is -0.734. The maximum atomic E-state index is 14.2. The summed E-state index contributed by atoms with van der Waals surface area (Å²) in [6.07, 6.45) is 2.05. The number of carbonyl (C=O) groups excluding carboxylic acids is 1. The van der Waals surface area contributed by atoms with Crippen molar-refractivity contribution in [3.63, 3.8) is 0 Å². The van der Waals surface area contributed by atoms with Gasteiger partial charge in [-0.1, -0.05) is 11.6 Å². The summed E-state index contributed by atoms with van der Waals surface area (Å²) < 4.78 is 25.0. The van der Waals surface area contributed by atoms with Crippen LogP contribution in [0.1, 0.15) is 44.0 Å². The van der Waals surface area contributed by atoms with E-state index in [4.69, 9.17) is 21.1 Å². The third kappa shape index (κ3) is 6.11. The van der Waals surface area contributed by atoms with Gasteiger partial charge >= 0.3 is 5.97 Å². The zero-order valence-electron chi connectivity index (χ0n) is 14.2. The van der Waals surface area contributed by atoms with Gasteiger partial charge < -0.3 is 14.8 Å². The van der Waals surface area contributed by atoms with E-state index in [2.05, 4.69) is 5.32 Å². The van der Waals surface area contributed by atoms with Crippen LogP contribution in [-0.2, 0) is 4.74 Å². The fraction of sp³-hybridized carbons (Fsp3) is 0.588. The van der Waals surface area contributed by atoms with Crippen molar-refractivity contribution in [2.45, 2.75) is 39.2 Å². The monoisotopic (exact) mass is 379 g/mol. The molecule has 0 radical (unpaired) electrons. The van der Waals surface area contributed by atoms with Crippen LogP contribution in [0, 0.1) is 11.7 Å². The van der Waals surface area contributed by atoms with Crippen molar-refractivity contribution in [2.24, 2.45) is 5.92 Å². The van der Waals surface area contributed by atoms with E-state index in [1.807, 2.05) is 0 Å². The molecule has 0 spiro atoms. The molecular formula is C17H24Cl2FNO3. The number of carbonyl (C=O) groups is 1. The fourth-order valence-corrected chi connectivity index (χ4v) is 2.60. The van der Waals surface area contributed by atoms with Crippen molar-refractivity contribution in [1.82, 2.24) is 5.32 Å². The van der Waals surface area contributed by atoms with E-state index in [0.29, 0.717) is 12.5 Å². The van der Waals surface area contributed by atoms with Crippen molar-refractivity contribution in [3.8, 4) is 5.75 Å². The molecule has 0 unspecified atom stereocenters. The lowest BCUT2D eigenvalue weighted by atomic mass is 9.99. The number of nitrogens with one attached hydrogen (secondary N) is 1. The fourth-order valence-electron chi connectivity index (χ4n) is 2.38. The van der Waals surface area contributed by atoms with Crippen LogP contribution < -0.4 is 10.1 Å². The average Bonchev–Trinajstić information content (AvgIpc) is 2.47. The van der Waals surface area contributed by atoms with Crippen LogP contribution >= 0.6 is 24.0 Å². The van der Waals surface area contributed by atoms with E-state index in [1.54, 1.807) is 20.8 Å². The van der Waals surface area contributed by atoms with E-state index in [1.165, 1.54) is 6.07 Å². The molecule has 1 N–H and O–H groups in total. The Morgan fingerprint density at radius 2 is 1.96 bits per heavy atom. The number of benzene rings is 1. The van der Waals surface area contributed by atoms with Crippen LogP contribution in [0.5, 0.6) is 5.75 Å². The Morgan fingerprint density at radius 3 is 2.54 bits per heavy atom. The highest BCUT2D eigenvalue weighted by molar-refractivity contribution is 6.32. The Bertz CT molecular complexity index is 570. The SMILES string of the molecule is CC(C)(C)OC(=O)c1cc(Cl)c(OCC2CCNCC2)cc1F.Cl. The largest absolute Gasteiger partial charge is 0.492 e. The molecular weight excluding hydrogens is 356 g/mol. The number of piperidine rings is 1. The van der Waals surface area contributed by atoms with Gasteiger partial charge in [-0.05, 0) is 58.7 Å². The Kier molecular flexibility index (Phi) is 7.77. The minimum absolute atomic E-state index is 0. The molecule has 0 aromatic heterocycles. The highest BCUT2D eigenvalue weighted by Crippen LogP contribution is 2.29. The topological polar surface area (TPSA) is 47.6 Å². The van der Waals surface area contributed by atoms with Gasteiger partial charge in [-0.15, -0.1) is 12.4 Å². The van der Waals surface area contributed by atoms with Crippen molar-refractivity contribution >= 4 is 30.0 Å². The van der Waals surface area contributed by atoms with Crippen LogP contribution in [0.3, 0.4) is 0 Å². The molecule has 0 amide bonds. The van der Waals surface area contributed by atoms with E-state index in [0.717, 1.165) is 32.0 Å². The van der Waals surface area contributed by atoms with Crippen molar-refractivity contribution in [1.29, 1.82) is 0 Å². The average molecular weight is 380 g/mol. The molecule has 1 aromatic rings. The molecule has 0 aliphatic carbocycles. The van der Waals surface area contributed by atoms with Gasteiger partial charge in [0.1, 0.15) is 17.2 Å². The van der Waals surface area contributed by atoms with Gasteiger partial charge in [-0.25, -0.2) is 9.18 Å². The molecule has 1 saturated heterocycles. The highest BCUT2D eigenvalue weighted by Gasteiger charge is 2.23. The van der Waals surface area contributed by atoms with Crippen LogP contribution in [-0.4, -0.2) is 31.3 Å². The van der Waals surface area contributed by atoms with E-state index in [9.17, 15) is 9.18 Å². The van der Waals surface area contributed by atoms with E-state index in [-0.39, 0.29) is 28.7 Å². The number of hydrogen-bond donors (Lipinski definition) is 1. The third-order valence-corrected chi connectivity index (χ3v) is 3.87. The first-order chi connectivity index (χ1) is 10.8. The smallest absolute Gasteiger partial charge is 0.341 e. The molecule has 1 aliphatic heterocycles. The summed E-state index contributed by atoms with van der Waals surface area (Å²) in [5.41, 5.74) is -0.876. The first-order valence-corrected chi connectivity index (χ1v) is 8.20. The van der Waals surface area contributed by atoms with Crippen LogP contribution in [0.25, 0.3) is 0 Å². The van der Waals surface area contributed by atoms with Crippen molar-refractivity contribution in [3.05, 3.63) is 28.5 Å². The number of rotatable bonds is 4. The molecule has 24 heavy (non-hydrogen) atoms. The second kappa shape index (κ2) is 8.88. The summed E-state index contributed by atoms with van der Waals surface area (Å²) in [6, 6.07) is 2.42. The molecule has 0 atom stereocenters. The molecule has 1 heterocycles. The predicted molar refractivity (Wildman–Crippen MR) is 94.9 cm³/mol. The van der Waals surface area contributed by atoms with Crippen LogP contribution in [0.15, 0.2) is 12.1 Å². The minimum Gasteiger partial charge on any atom is -0.492 e. The maximum absolute atomic E-state index is 14.2. The molecule has 7 heteroatoms. The summed E-state index contributed by atoms with van der Waals surface area (Å²) >= 11 is 6.12. The van der Waals surface area contributed by atoms with Crippen LogP contribution in [0.4, 0.5) is 4.39 Å². The summed E-state index contributed by atoms with van der Waals surface area (Å²) in [5.74, 6) is -0.735. The zero-order valence-corrected chi connectivity index (χ0v) is 15.7. The van der Waals surface area contributed by atoms with Gasteiger partial charge in [0.15, 0.2) is 0 Å². The third-order valence-electron chi connectivity index (χ3n) is 3.57. The molecule has 0 bridgehead atoms. The maximum Gasteiger partial charge on any atom is 0.341 e. The second-order valence-corrected chi connectivity index (χ2v) is 7.18. The Labute approximate surface area is 153 Å². The Morgan fingerprint density at radius 1 is 1.33 bits per heavy atom. The summed E-state index contributed by atoms with van der Waals surface area (Å²) in [5, 5.41) is 3.49. The molecule has 1 fully saturated rings. The lowest BCUT2D eigenvalue weighted by Gasteiger charge is -2.23. The zero-order chi connectivity index (χ0) is 17.0. The van der Waals surface area contributed by atoms with Crippen LogP contribution in [0.2, 0.25) is 5.02 Å². The quantitative estimate of drug-likeness (QED) is 0.794. The van der Waals surface area contributed by atoms with Gasteiger partial charge in [0.05, 0.1) is 17.2 Å². The lowest BCUT2D eigenvalue weighted by Crippen LogP contribution is -2.30. The van der Waals surface area contributed by atoms with Gasteiger partial charge in [0, 0.05) is 6.07 Å². The Balaban J connectivity index is 0.00000288.